The van der Waals surface area contributed by atoms with Crippen molar-refractivity contribution in [2.45, 2.75) is 19.4 Å². The number of hydrogen-bond donors (Lipinski definition) is 1. The molecule has 1 aliphatic heterocycles. The van der Waals surface area contributed by atoms with Crippen LogP contribution in [0.3, 0.4) is 0 Å². The van der Waals surface area contributed by atoms with Crippen LogP contribution in [0, 0.1) is 0 Å². The third-order valence-corrected chi connectivity index (χ3v) is 4.08. The first-order chi connectivity index (χ1) is 11.2. The van der Waals surface area contributed by atoms with Crippen LogP contribution >= 0.6 is 0 Å². The van der Waals surface area contributed by atoms with Crippen molar-refractivity contribution in [3.05, 3.63) is 47.3 Å². The third kappa shape index (κ3) is 2.50. The smallest absolute Gasteiger partial charge is 0.229 e. The number of anilines is 1. The fourth-order valence-electron chi connectivity index (χ4n) is 2.88. The van der Waals surface area contributed by atoms with Gasteiger partial charge in [0.1, 0.15) is 11.5 Å². The molecular formula is C16H15N5O2. The van der Waals surface area contributed by atoms with E-state index in [9.17, 15) is 4.79 Å². The van der Waals surface area contributed by atoms with E-state index in [4.69, 9.17) is 10.3 Å². The van der Waals surface area contributed by atoms with Gasteiger partial charge in [0, 0.05) is 24.9 Å². The third-order valence-electron chi connectivity index (χ3n) is 4.08. The van der Waals surface area contributed by atoms with E-state index >= 15 is 0 Å². The fraction of sp³-hybridized carbons (Fsp3) is 0.250. The van der Waals surface area contributed by atoms with Crippen LogP contribution < -0.4 is 5.73 Å². The van der Waals surface area contributed by atoms with Crippen molar-refractivity contribution in [1.82, 2.24) is 20.3 Å². The maximum absolute atomic E-state index is 12.6. The van der Waals surface area contributed by atoms with Gasteiger partial charge in [0.25, 0.3) is 0 Å². The molecule has 1 aromatic carbocycles. The standard InChI is InChI=1S/C16H15N5O2/c17-15-7-10-9-21(6-5-12(10)18-19-15)16(22)8-13-11-3-1-2-4-14(11)23-20-13/h1-4,7H,5-6,8-9H2,(H2,17,19). The lowest BCUT2D eigenvalue weighted by Crippen LogP contribution is -2.37. The summed E-state index contributed by atoms with van der Waals surface area (Å²) < 4.78 is 5.25. The van der Waals surface area contributed by atoms with E-state index in [1.165, 1.54) is 0 Å². The maximum atomic E-state index is 12.6. The molecule has 7 heteroatoms. The lowest BCUT2D eigenvalue weighted by Gasteiger charge is -2.27. The molecule has 2 aromatic heterocycles. The molecule has 3 heterocycles. The molecule has 0 aliphatic carbocycles. The highest BCUT2D eigenvalue weighted by atomic mass is 16.5. The number of aromatic nitrogens is 3. The maximum Gasteiger partial charge on any atom is 0.229 e. The molecular weight excluding hydrogens is 294 g/mol. The predicted molar refractivity (Wildman–Crippen MR) is 83.3 cm³/mol. The number of carbonyl (C=O) groups is 1. The van der Waals surface area contributed by atoms with Gasteiger partial charge < -0.3 is 15.2 Å². The Bertz CT molecular complexity index is 889. The Labute approximate surface area is 132 Å². The summed E-state index contributed by atoms with van der Waals surface area (Å²) in [5.41, 5.74) is 8.92. The largest absolute Gasteiger partial charge is 0.382 e. The van der Waals surface area contributed by atoms with Crippen molar-refractivity contribution in [2.75, 3.05) is 12.3 Å². The van der Waals surface area contributed by atoms with E-state index in [0.29, 0.717) is 36.6 Å². The van der Waals surface area contributed by atoms with Crippen molar-refractivity contribution in [3.63, 3.8) is 0 Å². The minimum Gasteiger partial charge on any atom is -0.382 e. The molecule has 0 saturated carbocycles. The number of fused-ring (bicyclic) bond motifs is 2. The summed E-state index contributed by atoms with van der Waals surface area (Å²) in [6.45, 7) is 1.13. The number of nitrogen functional groups attached to an aromatic ring is 1. The zero-order valence-corrected chi connectivity index (χ0v) is 12.4. The Morgan fingerprint density at radius 3 is 3.09 bits per heavy atom. The van der Waals surface area contributed by atoms with Gasteiger partial charge in [0.15, 0.2) is 5.58 Å². The Morgan fingerprint density at radius 1 is 1.30 bits per heavy atom. The van der Waals surface area contributed by atoms with Gasteiger partial charge in [-0.1, -0.05) is 17.3 Å². The van der Waals surface area contributed by atoms with E-state index in [1.54, 1.807) is 11.0 Å². The number of rotatable bonds is 2. The van der Waals surface area contributed by atoms with E-state index in [1.807, 2.05) is 24.3 Å². The molecule has 7 nitrogen and oxygen atoms in total. The monoisotopic (exact) mass is 309 g/mol. The molecule has 0 bridgehead atoms. The first kappa shape index (κ1) is 13.7. The molecule has 0 unspecified atom stereocenters. The van der Waals surface area contributed by atoms with Crippen molar-refractivity contribution < 1.29 is 9.32 Å². The first-order valence-electron chi connectivity index (χ1n) is 7.43. The van der Waals surface area contributed by atoms with Gasteiger partial charge in [-0.2, -0.15) is 5.10 Å². The number of carbonyl (C=O) groups excluding carboxylic acids is 1. The summed E-state index contributed by atoms with van der Waals surface area (Å²) in [6, 6.07) is 9.33. The van der Waals surface area contributed by atoms with Crippen LogP contribution in [-0.4, -0.2) is 32.7 Å². The second kappa shape index (κ2) is 5.35. The van der Waals surface area contributed by atoms with Crippen molar-refractivity contribution in [2.24, 2.45) is 0 Å². The lowest BCUT2D eigenvalue weighted by atomic mass is 10.1. The minimum atomic E-state index is 0.0186. The number of para-hydroxylation sites is 1. The van der Waals surface area contributed by atoms with Gasteiger partial charge in [-0.05, 0) is 23.8 Å². The van der Waals surface area contributed by atoms with E-state index in [2.05, 4.69) is 15.4 Å². The van der Waals surface area contributed by atoms with Crippen LogP contribution in [0.25, 0.3) is 11.0 Å². The van der Waals surface area contributed by atoms with Gasteiger partial charge in [-0.25, -0.2) is 0 Å². The predicted octanol–water partition coefficient (Wildman–Crippen LogP) is 1.33. The summed E-state index contributed by atoms with van der Waals surface area (Å²) in [5, 5.41) is 12.9. The molecule has 0 fully saturated rings. The molecule has 0 radical (unpaired) electrons. The zero-order valence-electron chi connectivity index (χ0n) is 12.4. The summed E-state index contributed by atoms with van der Waals surface area (Å²) >= 11 is 0. The first-order valence-corrected chi connectivity index (χ1v) is 7.43. The number of hydrogen-bond acceptors (Lipinski definition) is 6. The molecule has 23 heavy (non-hydrogen) atoms. The number of nitrogens with two attached hydrogens (primary N) is 1. The van der Waals surface area contributed by atoms with E-state index < -0.39 is 0 Å². The number of nitrogens with zero attached hydrogens (tertiary/aromatic N) is 4. The van der Waals surface area contributed by atoms with Crippen LogP contribution in [0.5, 0.6) is 0 Å². The number of amides is 1. The van der Waals surface area contributed by atoms with Gasteiger partial charge >= 0.3 is 0 Å². The highest BCUT2D eigenvalue weighted by Crippen LogP contribution is 2.21. The van der Waals surface area contributed by atoms with Gasteiger partial charge in [-0.3, -0.25) is 4.79 Å². The van der Waals surface area contributed by atoms with Crippen molar-refractivity contribution in [1.29, 1.82) is 0 Å². The van der Waals surface area contributed by atoms with Crippen LogP contribution in [0.1, 0.15) is 17.0 Å². The molecule has 1 aliphatic rings. The topological polar surface area (TPSA) is 98.1 Å². The zero-order chi connectivity index (χ0) is 15.8. The second-order valence-electron chi connectivity index (χ2n) is 5.61. The molecule has 0 spiro atoms. The van der Waals surface area contributed by atoms with E-state index in [-0.39, 0.29) is 12.3 Å². The fourth-order valence-corrected chi connectivity index (χ4v) is 2.88. The molecule has 0 atom stereocenters. The van der Waals surface area contributed by atoms with Gasteiger partial charge in [-0.15, -0.1) is 5.10 Å². The second-order valence-corrected chi connectivity index (χ2v) is 5.61. The molecule has 3 aromatic rings. The van der Waals surface area contributed by atoms with E-state index in [0.717, 1.165) is 16.6 Å². The SMILES string of the molecule is Nc1cc2c(nn1)CCN(C(=O)Cc1noc3ccccc13)C2. The number of benzene rings is 1. The Morgan fingerprint density at radius 2 is 2.17 bits per heavy atom. The molecule has 4 rings (SSSR count). The highest BCUT2D eigenvalue weighted by Gasteiger charge is 2.23. The van der Waals surface area contributed by atoms with Gasteiger partial charge in [0.2, 0.25) is 5.91 Å². The minimum absolute atomic E-state index is 0.0186. The Kier molecular flexibility index (Phi) is 3.18. The summed E-state index contributed by atoms with van der Waals surface area (Å²) in [7, 11) is 0. The summed E-state index contributed by atoms with van der Waals surface area (Å²) in [4.78, 5) is 14.4. The molecule has 2 N–H and O–H groups in total. The highest BCUT2D eigenvalue weighted by molar-refractivity contribution is 5.86. The Hall–Kier alpha value is -2.96. The Balaban J connectivity index is 1.54. The normalized spacial score (nSPS) is 14.0. The molecule has 1 amide bonds. The average molecular weight is 309 g/mol. The van der Waals surface area contributed by atoms with Gasteiger partial charge in [0.05, 0.1) is 12.1 Å². The van der Waals surface area contributed by atoms with Crippen LogP contribution in [-0.2, 0) is 24.2 Å². The summed E-state index contributed by atoms with van der Waals surface area (Å²) in [5.74, 6) is 0.394. The van der Waals surface area contributed by atoms with Crippen LogP contribution in [0.2, 0.25) is 0 Å². The molecule has 116 valence electrons. The molecule has 0 saturated heterocycles. The average Bonchev–Trinajstić information content (AvgIpc) is 2.97. The quantitative estimate of drug-likeness (QED) is 0.767. The summed E-state index contributed by atoms with van der Waals surface area (Å²) in [6.07, 6.45) is 0.911. The lowest BCUT2D eigenvalue weighted by molar-refractivity contribution is -0.131. The van der Waals surface area contributed by atoms with Crippen LogP contribution in [0.15, 0.2) is 34.9 Å². The van der Waals surface area contributed by atoms with Crippen molar-refractivity contribution in [3.8, 4) is 0 Å². The van der Waals surface area contributed by atoms with Crippen molar-refractivity contribution >= 4 is 22.7 Å². The van der Waals surface area contributed by atoms with Crippen LogP contribution in [0.4, 0.5) is 5.82 Å².